The average molecular weight is 477 g/mol. The highest BCUT2D eigenvalue weighted by Gasteiger charge is 2.80. The number of rotatable bonds is 3. The van der Waals surface area contributed by atoms with E-state index in [2.05, 4.69) is 18.2 Å². The summed E-state index contributed by atoms with van der Waals surface area (Å²) in [6, 6.07) is 11.6. The monoisotopic (exact) mass is 476 g/mol. The topological polar surface area (TPSA) is 132 Å². The maximum Gasteiger partial charge on any atom is 0.217 e. The Labute approximate surface area is 206 Å². The number of methoxy groups -OCH3 is 2. The van der Waals surface area contributed by atoms with E-state index in [9.17, 15) is 15.8 Å². The van der Waals surface area contributed by atoms with E-state index < -0.39 is 28.6 Å². The molecule has 0 radical (unpaired) electrons. The summed E-state index contributed by atoms with van der Waals surface area (Å²) in [6.45, 7) is 0. The molecule has 1 N–H and O–H groups in total. The van der Waals surface area contributed by atoms with Crippen molar-refractivity contribution in [1.29, 1.82) is 21.2 Å². The molecule has 1 saturated carbocycles. The average Bonchev–Trinajstić information content (AvgIpc) is 3.06. The molecule has 3 fully saturated rings. The first-order valence-electron chi connectivity index (χ1n) is 12.4. The van der Waals surface area contributed by atoms with E-state index >= 15 is 0 Å². The summed E-state index contributed by atoms with van der Waals surface area (Å²) in [5, 5.41) is 40.6. The van der Waals surface area contributed by atoms with E-state index in [1.54, 1.807) is 18.2 Å². The van der Waals surface area contributed by atoms with Gasteiger partial charge in [0.15, 0.2) is 5.41 Å². The van der Waals surface area contributed by atoms with Crippen molar-refractivity contribution in [2.75, 3.05) is 14.2 Å². The van der Waals surface area contributed by atoms with Crippen LogP contribution in [0, 0.1) is 56.2 Å². The lowest BCUT2D eigenvalue weighted by atomic mass is 9.52. The van der Waals surface area contributed by atoms with Gasteiger partial charge in [0.2, 0.25) is 17.1 Å². The Balaban J connectivity index is 1.92. The molecule has 2 saturated heterocycles. The zero-order valence-corrected chi connectivity index (χ0v) is 20.4. The summed E-state index contributed by atoms with van der Waals surface area (Å²) in [6.07, 6.45) is 8.08. The van der Waals surface area contributed by atoms with Crippen molar-refractivity contribution in [3.63, 3.8) is 0 Å². The van der Waals surface area contributed by atoms with Gasteiger partial charge in [0.25, 0.3) is 0 Å². The Hall–Kier alpha value is -3.28. The molecule has 8 nitrogen and oxygen atoms in total. The van der Waals surface area contributed by atoms with Crippen LogP contribution in [0.3, 0.4) is 0 Å². The summed E-state index contributed by atoms with van der Waals surface area (Å²) in [7, 11) is 3.03. The summed E-state index contributed by atoms with van der Waals surface area (Å²) in [5.41, 5.74) is -3.30. The predicted octanol–water partition coefficient (Wildman–Crippen LogP) is 5.55. The number of hydrogen-bond donors (Lipinski definition) is 1. The molecule has 4 unspecified atom stereocenters. The molecule has 184 valence electrons. The van der Waals surface area contributed by atoms with Gasteiger partial charge in [0.05, 0.1) is 38.3 Å². The van der Waals surface area contributed by atoms with Crippen LogP contribution in [-0.4, -0.2) is 25.9 Å². The molecule has 4 atom stereocenters. The van der Waals surface area contributed by atoms with Gasteiger partial charge in [-0.1, -0.05) is 44.9 Å². The fourth-order valence-electron chi connectivity index (χ4n) is 6.24. The van der Waals surface area contributed by atoms with Crippen LogP contribution in [0.2, 0.25) is 0 Å². The van der Waals surface area contributed by atoms with E-state index in [4.69, 9.17) is 24.4 Å². The second kappa shape index (κ2) is 9.76. The van der Waals surface area contributed by atoms with Crippen LogP contribution >= 0.6 is 0 Å². The molecule has 4 rings (SSSR count). The fourth-order valence-corrected chi connectivity index (χ4v) is 6.24. The minimum Gasteiger partial charge on any atom is -0.497 e. The van der Waals surface area contributed by atoms with E-state index in [1.807, 2.05) is 0 Å². The number of nitrogens with one attached hydrogen (secondary N) is 1. The zero-order chi connectivity index (χ0) is 25.1. The van der Waals surface area contributed by atoms with Crippen molar-refractivity contribution in [3.05, 3.63) is 23.8 Å². The third kappa shape index (κ3) is 3.62. The van der Waals surface area contributed by atoms with Gasteiger partial charge in [-0.25, -0.2) is 0 Å². The van der Waals surface area contributed by atoms with Gasteiger partial charge in [-0.15, -0.1) is 0 Å². The second-order valence-corrected chi connectivity index (χ2v) is 9.72. The number of hydrogen-bond acceptors (Lipinski definition) is 8. The lowest BCUT2D eigenvalue weighted by Gasteiger charge is -2.50. The normalized spacial score (nSPS) is 32.3. The summed E-state index contributed by atoms with van der Waals surface area (Å²) >= 11 is 0. The molecular weight excluding hydrogens is 444 g/mol. The maximum absolute atomic E-state index is 10.7. The van der Waals surface area contributed by atoms with Crippen molar-refractivity contribution >= 4 is 5.90 Å². The summed E-state index contributed by atoms with van der Waals surface area (Å²) in [4.78, 5) is 0. The molecule has 2 bridgehead atoms. The van der Waals surface area contributed by atoms with Gasteiger partial charge in [-0.2, -0.15) is 15.8 Å². The molecule has 0 aromatic heterocycles. The van der Waals surface area contributed by atoms with Crippen molar-refractivity contribution < 1.29 is 18.9 Å². The Bertz CT molecular complexity index is 1090. The summed E-state index contributed by atoms with van der Waals surface area (Å²) in [5.74, 6) is -1.25. The van der Waals surface area contributed by atoms with Crippen molar-refractivity contribution in [2.24, 2.45) is 16.7 Å². The lowest BCUT2D eigenvalue weighted by Crippen LogP contribution is -2.59. The third-order valence-electron chi connectivity index (χ3n) is 8.04. The number of nitrogens with zero attached hydrogens (tertiary/aromatic N) is 3. The minimum absolute atomic E-state index is 0.335. The first-order chi connectivity index (χ1) is 17.0. The van der Waals surface area contributed by atoms with Gasteiger partial charge < -0.3 is 18.9 Å². The molecule has 2 heterocycles. The van der Waals surface area contributed by atoms with Crippen LogP contribution in [0.25, 0.3) is 0 Å². The number of benzene rings is 1. The lowest BCUT2D eigenvalue weighted by molar-refractivity contribution is -0.288. The molecule has 8 heteroatoms. The predicted molar refractivity (Wildman–Crippen MR) is 126 cm³/mol. The highest BCUT2D eigenvalue weighted by atomic mass is 16.7. The molecule has 1 aromatic rings. The molecular formula is C27H32N4O4. The van der Waals surface area contributed by atoms with Crippen LogP contribution in [0.4, 0.5) is 0 Å². The second-order valence-electron chi connectivity index (χ2n) is 9.72. The largest absolute Gasteiger partial charge is 0.497 e. The minimum atomic E-state index is -2.00. The fraction of sp³-hybridized carbons (Fsp3) is 0.630. The van der Waals surface area contributed by atoms with Crippen LogP contribution in [0.15, 0.2) is 18.2 Å². The Kier molecular flexibility index (Phi) is 6.93. The highest BCUT2D eigenvalue weighted by molar-refractivity contribution is 5.89. The SMILES string of the molecule is COc1ccc(C2OC34CCCCCCCCCCC3C(C#N)(C(=N)O4)C2(C#N)C#N)c(OC)c1. The maximum atomic E-state index is 10.7. The van der Waals surface area contributed by atoms with Crippen molar-refractivity contribution in [3.8, 4) is 29.7 Å². The van der Waals surface area contributed by atoms with Crippen molar-refractivity contribution in [1.82, 2.24) is 0 Å². The van der Waals surface area contributed by atoms with Crippen LogP contribution in [0.5, 0.6) is 11.5 Å². The number of nitriles is 3. The van der Waals surface area contributed by atoms with Gasteiger partial charge in [-0.3, -0.25) is 5.41 Å². The Morgan fingerprint density at radius 2 is 1.57 bits per heavy atom. The zero-order valence-electron chi connectivity index (χ0n) is 20.4. The first-order valence-corrected chi connectivity index (χ1v) is 12.4. The van der Waals surface area contributed by atoms with E-state index in [0.29, 0.717) is 29.9 Å². The van der Waals surface area contributed by atoms with Gasteiger partial charge in [0, 0.05) is 18.1 Å². The van der Waals surface area contributed by atoms with Crippen molar-refractivity contribution in [2.45, 2.75) is 76.1 Å². The van der Waals surface area contributed by atoms with Crippen LogP contribution in [-0.2, 0) is 9.47 Å². The molecule has 1 aliphatic carbocycles. The van der Waals surface area contributed by atoms with Crippen LogP contribution in [0.1, 0.15) is 75.9 Å². The van der Waals surface area contributed by atoms with Gasteiger partial charge in [0.1, 0.15) is 17.6 Å². The third-order valence-corrected chi connectivity index (χ3v) is 8.04. The van der Waals surface area contributed by atoms with Gasteiger partial charge >= 0.3 is 0 Å². The quantitative estimate of drug-likeness (QED) is 0.604. The molecule has 35 heavy (non-hydrogen) atoms. The number of ether oxygens (including phenoxy) is 4. The smallest absolute Gasteiger partial charge is 0.217 e. The molecule has 2 aliphatic heterocycles. The van der Waals surface area contributed by atoms with E-state index in [1.165, 1.54) is 27.1 Å². The van der Waals surface area contributed by atoms with Crippen LogP contribution < -0.4 is 9.47 Å². The standard InChI is InChI=1S/C27H32N4O4/c1-32-19-12-13-20(21(15-19)33-2)23-25(16-28,17-29)26(18-30)22-11-9-7-5-3-4-6-8-10-14-27(22,34-23)35-24(26)31/h12-13,15,22-23,31H,3-11,14H2,1-2H3. The molecule has 3 aliphatic rings. The first kappa shape index (κ1) is 24.8. The van der Waals surface area contributed by atoms with Gasteiger partial charge in [-0.05, 0) is 25.0 Å². The Morgan fingerprint density at radius 1 is 0.914 bits per heavy atom. The molecule has 1 aromatic carbocycles. The van der Waals surface area contributed by atoms with E-state index in [-0.39, 0.29) is 5.90 Å². The summed E-state index contributed by atoms with van der Waals surface area (Å²) < 4.78 is 23.8. The molecule has 0 spiro atoms. The van der Waals surface area contributed by atoms with E-state index in [0.717, 1.165) is 38.5 Å². The Morgan fingerprint density at radius 3 is 2.17 bits per heavy atom. The molecule has 0 amide bonds. The highest BCUT2D eigenvalue weighted by Crippen LogP contribution is 2.69.